The zero-order valence-corrected chi connectivity index (χ0v) is 15.7. The summed E-state index contributed by atoms with van der Waals surface area (Å²) in [6, 6.07) is 6.59. The van der Waals surface area contributed by atoms with Gasteiger partial charge < -0.3 is 19.7 Å². The lowest BCUT2D eigenvalue weighted by Gasteiger charge is -2.32. The molecule has 1 atom stereocenters. The number of hydrogen-bond acceptors (Lipinski definition) is 7. The molecule has 1 N–H and O–H groups in total. The van der Waals surface area contributed by atoms with Crippen molar-refractivity contribution < 1.29 is 24.0 Å². The van der Waals surface area contributed by atoms with E-state index < -0.39 is 10.9 Å². The number of ether oxygens (including phenoxy) is 2. The van der Waals surface area contributed by atoms with E-state index in [1.165, 1.54) is 6.07 Å². The Balaban J connectivity index is 1.41. The quantitative estimate of drug-likeness (QED) is 0.427. The second-order valence-electron chi connectivity index (χ2n) is 7.05. The molecule has 152 valence electrons. The third-order valence-electron chi connectivity index (χ3n) is 5.14. The molecule has 9 heteroatoms. The fourth-order valence-corrected chi connectivity index (χ4v) is 3.58. The van der Waals surface area contributed by atoms with Crippen LogP contribution in [0.15, 0.2) is 24.3 Å². The Bertz CT molecular complexity index is 711. The highest BCUT2D eigenvalue weighted by Gasteiger charge is 2.29. The van der Waals surface area contributed by atoms with Crippen molar-refractivity contribution in [2.45, 2.75) is 31.8 Å². The summed E-state index contributed by atoms with van der Waals surface area (Å²) in [5.74, 6) is -1.03. The number of rotatable bonds is 7. The van der Waals surface area contributed by atoms with E-state index in [9.17, 15) is 19.7 Å². The second kappa shape index (κ2) is 9.50. The Kier molecular flexibility index (Phi) is 6.80. The van der Waals surface area contributed by atoms with Gasteiger partial charge in [0.15, 0.2) is 6.61 Å². The van der Waals surface area contributed by atoms with Crippen LogP contribution in [0.25, 0.3) is 0 Å². The molecule has 0 aliphatic carbocycles. The molecule has 2 heterocycles. The van der Waals surface area contributed by atoms with Crippen LogP contribution in [-0.2, 0) is 19.1 Å². The van der Waals surface area contributed by atoms with Crippen molar-refractivity contribution in [3.05, 3.63) is 34.4 Å². The molecule has 2 aliphatic heterocycles. The Hall–Kier alpha value is -2.68. The highest BCUT2D eigenvalue weighted by molar-refractivity contribution is 5.81. The van der Waals surface area contributed by atoms with Gasteiger partial charge in [-0.25, -0.2) is 0 Å². The number of amides is 1. The minimum absolute atomic E-state index is 0.0472. The van der Waals surface area contributed by atoms with Gasteiger partial charge in [-0.3, -0.25) is 19.7 Å². The number of esters is 1. The maximum atomic E-state index is 12.2. The maximum Gasteiger partial charge on any atom is 0.309 e. The van der Waals surface area contributed by atoms with Gasteiger partial charge in [0.1, 0.15) is 5.69 Å². The zero-order chi connectivity index (χ0) is 19.9. The van der Waals surface area contributed by atoms with Gasteiger partial charge in [0.2, 0.25) is 0 Å². The molecule has 2 fully saturated rings. The van der Waals surface area contributed by atoms with Crippen molar-refractivity contribution in [3.8, 4) is 0 Å². The van der Waals surface area contributed by atoms with Crippen molar-refractivity contribution in [2.75, 3.05) is 37.7 Å². The first-order valence-corrected chi connectivity index (χ1v) is 9.58. The van der Waals surface area contributed by atoms with Gasteiger partial charge in [0, 0.05) is 32.3 Å². The largest absolute Gasteiger partial charge is 0.455 e. The molecule has 3 rings (SSSR count). The average molecular weight is 391 g/mol. The minimum atomic E-state index is -0.398. The third kappa shape index (κ3) is 5.19. The van der Waals surface area contributed by atoms with Gasteiger partial charge in [0.05, 0.1) is 16.9 Å². The molecule has 0 bridgehead atoms. The van der Waals surface area contributed by atoms with E-state index >= 15 is 0 Å². The first-order valence-electron chi connectivity index (χ1n) is 9.58. The van der Waals surface area contributed by atoms with E-state index in [1.807, 2.05) is 4.90 Å². The molecule has 1 aromatic carbocycles. The lowest BCUT2D eigenvalue weighted by molar-refractivity contribution is -0.384. The number of carbonyl (C=O) groups is 2. The van der Waals surface area contributed by atoms with Gasteiger partial charge >= 0.3 is 5.97 Å². The van der Waals surface area contributed by atoms with Gasteiger partial charge in [-0.1, -0.05) is 12.1 Å². The predicted octanol–water partition coefficient (Wildman–Crippen LogP) is 1.65. The van der Waals surface area contributed by atoms with Crippen molar-refractivity contribution in [2.24, 2.45) is 5.92 Å². The lowest BCUT2D eigenvalue weighted by Crippen LogP contribution is -2.39. The number of nitrogens with one attached hydrogen (secondary N) is 1. The smallest absolute Gasteiger partial charge is 0.309 e. The summed E-state index contributed by atoms with van der Waals surface area (Å²) < 4.78 is 10.6. The molecule has 2 aliphatic rings. The van der Waals surface area contributed by atoms with Crippen LogP contribution >= 0.6 is 0 Å². The molecule has 0 spiro atoms. The topological polar surface area (TPSA) is 111 Å². The molecule has 0 saturated carbocycles. The van der Waals surface area contributed by atoms with Gasteiger partial charge in [-0.2, -0.15) is 0 Å². The van der Waals surface area contributed by atoms with Gasteiger partial charge in [-0.05, 0) is 31.7 Å². The number of para-hydroxylation sites is 2. The Morgan fingerprint density at radius 3 is 2.68 bits per heavy atom. The first kappa shape index (κ1) is 20.1. The third-order valence-corrected chi connectivity index (χ3v) is 5.14. The van der Waals surface area contributed by atoms with Crippen LogP contribution < -0.4 is 10.2 Å². The number of piperidine rings is 1. The average Bonchev–Trinajstić information content (AvgIpc) is 3.24. The number of anilines is 1. The highest BCUT2D eigenvalue weighted by Crippen LogP contribution is 2.31. The van der Waals surface area contributed by atoms with Crippen LogP contribution in [0, 0.1) is 16.0 Å². The second-order valence-corrected chi connectivity index (χ2v) is 7.05. The van der Waals surface area contributed by atoms with Crippen molar-refractivity contribution in [1.82, 2.24) is 5.32 Å². The van der Waals surface area contributed by atoms with Crippen molar-refractivity contribution in [3.63, 3.8) is 0 Å². The monoisotopic (exact) mass is 391 g/mol. The van der Waals surface area contributed by atoms with Crippen molar-refractivity contribution in [1.29, 1.82) is 0 Å². The molecule has 0 unspecified atom stereocenters. The number of hydrogen-bond donors (Lipinski definition) is 1. The minimum Gasteiger partial charge on any atom is -0.455 e. The van der Waals surface area contributed by atoms with Crippen LogP contribution in [0.4, 0.5) is 11.4 Å². The lowest BCUT2D eigenvalue weighted by atomic mass is 9.96. The van der Waals surface area contributed by atoms with Crippen LogP contribution in [-0.4, -0.2) is 55.8 Å². The van der Waals surface area contributed by atoms with Crippen LogP contribution in [0.1, 0.15) is 25.7 Å². The number of benzene rings is 1. The Morgan fingerprint density at radius 1 is 1.25 bits per heavy atom. The summed E-state index contributed by atoms with van der Waals surface area (Å²) in [5.41, 5.74) is 0.624. The highest BCUT2D eigenvalue weighted by atomic mass is 16.6. The summed E-state index contributed by atoms with van der Waals surface area (Å²) in [6.45, 7) is 1.91. The molecule has 1 aromatic rings. The van der Waals surface area contributed by atoms with Gasteiger partial charge in [0.25, 0.3) is 11.6 Å². The molecule has 2 saturated heterocycles. The molecule has 0 radical (unpaired) electrons. The van der Waals surface area contributed by atoms with E-state index in [0.717, 1.165) is 19.4 Å². The summed E-state index contributed by atoms with van der Waals surface area (Å²) in [4.78, 5) is 36.7. The van der Waals surface area contributed by atoms with Crippen LogP contribution in [0.5, 0.6) is 0 Å². The fraction of sp³-hybridized carbons (Fsp3) is 0.579. The molecular weight excluding hydrogens is 366 g/mol. The number of nitro groups is 1. The molecule has 1 amide bonds. The summed E-state index contributed by atoms with van der Waals surface area (Å²) >= 11 is 0. The first-order chi connectivity index (χ1) is 13.5. The van der Waals surface area contributed by atoms with Crippen LogP contribution in [0.3, 0.4) is 0 Å². The van der Waals surface area contributed by atoms with E-state index in [-0.39, 0.29) is 30.2 Å². The van der Waals surface area contributed by atoms with E-state index in [4.69, 9.17) is 9.47 Å². The molecule has 0 aromatic heterocycles. The zero-order valence-electron chi connectivity index (χ0n) is 15.7. The SMILES string of the molecule is O=C(COC(=O)C1CCN(c2ccccc2[N+](=O)[O-])CC1)NC[C@H]1CCCO1. The normalized spacial score (nSPS) is 20.0. The van der Waals surface area contributed by atoms with E-state index in [2.05, 4.69) is 5.32 Å². The number of carbonyl (C=O) groups excluding carboxylic acids is 2. The summed E-state index contributed by atoms with van der Waals surface area (Å²) in [7, 11) is 0. The fourth-order valence-electron chi connectivity index (χ4n) is 3.58. The molecule has 28 heavy (non-hydrogen) atoms. The molecular formula is C19H25N3O6. The van der Waals surface area contributed by atoms with E-state index in [0.29, 0.717) is 38.2 Å². The number of nitrogens with zero attached hydrogens (tertiary/aromatic N) is 2. The van der Waals surface area contributed by atoms with Crippen LogP contribution in [0.2, 0.25) is 0 Å². The number of nitro benzene ring substituents is 1. The standard InChI is InChI=1S/C19H25N3O6/c23-18(20-12-15-4-3-11-27-15)13-28-19(24)14-7-9-21(10-8-14)16-5-1-2-6-17(16)22(25)26/h1-2,5-6,14-15H,3-4,7-13H2,(H,20,23)/t15-/m1/s1. The molecule has 9 nitrogen and oxygen atoms in total. The Labute approximate surface area is 163 Å². The summed E-state index contributed by atoms with van der Waals surface area (Å²) in [5, 5.41) is 13.9. The van der Waals surface area contributed by atoms with E-state index in [1.54, 1.807) is 18.2 Å². The van der Waals surface area contributed by atoms with Crippen molar-refractivity contribution >= 4 is 23.3 Å². The summed E-state index contributed by atoms with van der Waals surface area (Å²) in [6.07, 6.45) is 3.04. The Morgan fingerprint density at radius 2 is 2.00 bits per heavy atom. The van der Waals surface area contributed by atoms with Gasteiger partial charge in [-0.15, -0.1) is 0 Å². The maximum absolute atomic E-state index is 12.2. The predicted molar refractivity (Wildman–Crippen MR) is 101 cm³/mol.